The zero-order valence-electron chi connectivity index (χ0n) is 11.8. The molecule has 1 aliphatic heterocycles. The molecule has 5 heteroatoms. The van der Waals surface area contributed by atoms with Gasteiger partial charge in [-0.25, -0.2) is 0 Å². The number of aromatic nitrogens is 2. The van der Waals surface area contributed by atoms with Gasteiger partial charge >= 0.3 is 0 Å². The number of rotatable bonds is 5. The second-order valence-corrected chi connectivity index (χ2v) is 6.50. The van der Waals surface area contributed by atoms with E-state index in [1.807, 2.05) is 17.8 Å². The molecule has 0 saturated heterocycles. The van der Waals surface area contributed by atoms with Gasteiger partial charge in [0.2, 0.25) is 0 Å². The van der Waals surface area contributed by atoms with E-state index in [-0.39, 0.29) is 0 Å². The number of thioether (sulfide) groups is 1. The first-order valence-electron chi connectivity index (χ1n) is 7.00. The second kappa shape index (κ2) is 5.87. The molecule has 0 unspecified atom stereocenters. The quantitative estimate of drug-likeness (QED) is 0.911. The molecule has 2 aromatic rings. The van der Waals surface area contributed by atoms with Gasteiger partial charge in [-0.1, -0.05) is 19.0 Å². The first-order chi connectivity index (χ1) is 9.72. The number of benzene rings is 1. The van der Waals surface area contributed by atoms with Crippen molar-refractivity contribution in [3.05, 3.63) is 29.6 Å². The van der Waals surface area contributed by atoms with Crippen LogP contribution in [0.25, 0.3) is 11.5 Å². The number of nitrogens with one attached hydrogen (secondary N) is 1. The van der Waals surface area contributed by atoms with Crippen molar-refractivity contribution >= 4 is 17.4 Å². The van der Waals surface area contributed by atoms with Crippen LogP contribution in [-0.4, -0.2) is 22.4 Å². The summed E-state index contributed by atoms with van der Waals surface area (Å²) in [4.78, 5) is 4.48. The molecule has 1 aliphatic rings. The predicted molar refractivity (Wildman–Crippen MR) is 82.9 cm³/mol. The van der Waals surface area contributed by atoms with E-state index in [0.717, 1.165) is 35.9 Å². The average molecular weight is 289 g/mol. The van der Waals surface area contributed by atoms with Crippen LogP contribution < -0.4 is 5.32 Å². The van der Waals surface area contributed by atoms with E-state index in [4.69, 9.17) is 4.52 Å². The zero-order valence-corrected chi connectivity index (χ0v) is 12.7. The van der Waals surface area contributed by atoms with Crippen LogP contribution in [0.3, 0.4) is 0 Å². The zero-order chi connectivity index (χ0) is 13.9. The van der Waals surface area contributed by atoms with Crippen LogP contribution in [0.2, 0.25) is 0 Å². The Hall–Kier alpha value is -1.49. The minimum Gasteiger partial charge on any atom is -0.384 e. The van der Waals surface area contributed by atoms with Crippen molar-refractivity contribution in [3.63, 3.8) is 0 Å². The molecule has 0 saturated carbocycles. The maximum Gasteiger partial charge on any atom is 0.257 e. The number of hydrogen-bond acceptors (Lipinski definition) is 5. The normalized spacial score (nSPS) is 13.6. The highest BCUT2D eigenvalue weighted by Gasteiger charge is 2.14. The van der Waals surface area contributed by atoms with Crippen molar-refractivity contribution in [3.8, 4) is 11.5 Å². The summed E-state index contributed by atoms with van der Waals surface area (Å²) in [6, 6.07) is 6.28. The molecule has 106 valence electrons. The van der Waals surface area contributed by atoms with Gasteiger partial charge in [-0.05, 0) is 41.9 Å². The van der Waals surface area contributed by atoms with Gasteiger partial charge in [0, 0.05) is 17.8 Å². The molecule has 2 heterocycles. The molecule has 1 aromatic carbocycles. The molecule has 0 fully saturated rings. The lowest BCUT2D eigenvalue weighted by Crippen LogP contribution is -1.92. The van der Waals surface area contributed by atoms with Crippen LogP contribution in [-0.2, 0) is 12.2 Å². The SMILES string of the molecule is CC(C)CSCc1noc(-c2ccc3c(c2)CCN3)n1. The Labute approximate surface area is 123 Å². The molecule has 0 radical (unpaired) electrons. The first-order valence-corrected chi connectivity index (χ1v) is 8.15. The second-order valence-electron chi connectivity index (χ2n) is 5.47. The van der Waals surface area contributed by atoms with Gasteiger partial charge in [-0.3, -0.25) is 0 Å². The van der Waals surface area contributed by atoms with Crippen molar-refractivity contribution in [2.24, 2.45) is 5.92 Å². The summed E-state index contributed by atoms with van der Waals surface area (Å²) in [5.74, 6) is 4.03. The van der Waals surface area contributed by atoms with Gasteiger partial charge in [0.05, 0.1) is 5.75 Å². The fourth-order valence-electron chi connectivity index (χ4n) is 2.25. The van der Waals surface area contributed by atoms with Crippen LogP contribution in [0, 0.1) is 5.92 Å². The standard InChI is InChI=1S/C15H19N3OS/c1-10(2)8-20-9-14-17-15(19-18-14)12-3-4-13-11(7-12)5-6-16-13/h3-4,7,10,16H,5-6,8-9H2,1-2H3. The van der Waals surface area contributed by atoms with E-state index in [0.29, 0.717) is 11.8 Å². The smallest absolute Gasteiger partial charge is 0.257 e. The number of nitrogens with zero attached hydrogens (tertiary/aromatic N) is 2. The molecule has 1 aromatic heterocycles. The lowest BCUT2D eigenvalue weighted by molar-refractivity contribution is 0.425. The minimum atomic E-state index is 0.625. The molecule has 0 spiro atoms. The molecular formula is C15H19N3OS. The van der Waals surface area contributed by atoms with E-state index >= 15 is 0 Å². The molecule has 20 heavy (non-hydrogen) atoms. The molecule has 4 nitrogen and oxygen atoms in total. The van der Waals surface area contributed by atoms with Crippen molar-refractivity contribution < 1.29 is 4.52 Å². The number of fused-ring (bicyclic) bond motifs is 1. The van der Waals surface area contributed by atoms with Gasteiger partial charge in [0.15, 0.2) is 5.82 Å². The van der Waals surface area contributed by atoms with Crippen LogP contribution in [0.1, 0.15) is 25.2 Å². The van der Waals surface area contributed by atoms with Gasteiger partial charge in [0.25, 0.3) is 5.89 Å². The summed E-state index contributed by atoms with van der Waals surface area (Å²) in [7, 11) is 0. The highest BCUT2D eigenvalue weighted by atomic mass is 32.2. The van der Waals surface area contributed by atoms with E-state index in [1.54, 1.807) is 0 Å². The first kappa shape index (κ1) is 13.5. The third-order valence-corrected chi connectivity index (χ3v) is 4.58. The fourth-order valence-corrected chi connectivity index (χ4v) is 3.14. The average Bonchev–Trinajstić information content (AvgIpc) is 3.05. The topological polar surface area (TPSA) is 51.0 Å². The van der Waals surface area contributed by atoms with Crippen molar-refractivity contribution in [2.45, 2.75) is 26.0 Å². The lowest BCUT2D eigenvalue weighted by Gasteiger charge is -2.01. The molecule has 0 atom stereocenters. The van der Waals surface area contributed by atoms with Gasteiger partial charge in [-0.15, -0.1) is 0 Å². The highest BCUT2D eigenvalue weighted by molar-refractivity contribution is 7.98. The summed E-state index contributed by atoms with van der Waals surface area (Å²) in [5, 5.41) is 7.41. The molecule has 3 rings (SSSR count). The summed E-state index contributed by atoms with van der Waals surface area (Å²) < 4.78 is 5.37. The fraction of sp³-hybridized carbons (Fsp3) is 0.467. The molecule has 0 bridgehead atoms. The largest absolute Gasteiger partial charge is 0.384 e. The number of anilines is 1. The van der Waals surface area contributed by atoms with Crippen LogP contribution in [0.5, 0.6) is 0 Å². The Morgan fingerprint density at radius 2 is 2.30 bits per heavy atom. The summed E-state index contributed by atoms with van der Waals surface area (Å²) >= 11 is 1.85. The van der Waals surface area contributed by atoms with Gasteiger partial charge in [0.1, 0.15) is 0 Å². The molecule has 1 N–H and O–H groups in total. The van der Waals surface area contributed by atoms with E-state index < -0.39 is 0 Å². The van der Waals surface area contributed by atoms with Gasteiger partial charge < -0.3 is 9.84 Å². The van der Waals surface area contributed by atoms with Crippen LogP contribution in [0.15, 0.2) is 22.7 Å². The Morgan fingerprint density at radius 1 is 1.40 bits per heavy atom. The molecule has 0 aliphatic carbocycles. The van der Waals surface area contributed by atoms with Crippen molar-refractivity contribution in [1.82, 2.24) is 10.1 Å². The van der Waals surface area contributed by atoms with Crippen LogP contribution >= 0.6 is 11.8 Å². The molecular weight excluding hydrogens is 270 g/mol. The Balaban J connectivity index is 1.70. The van der Waals surface area contributed by atoms with E-state index in [2.05, 4.69) is 41.4 Å². The maximum atomic E-state index is 5.37. The Morgan fingerprint density at radius 3 is 3.15 bits per heavy atom. The summed E-state index contributed by atoms with van der Waals surface area (Å²) in [5.41, 5.74) is 3.57. The third-order valence-electron chi connectivity index (χ3n) is 3.21. The van der Waals surface area contributed by atoms with Crippen molar-refractivity contribution in [2.75, 3.05) is 17.6 Å². The highest BCUT2D eigenvalue weighted by Crippen LogP contribution is 2.28. The number of hydrogen-bond donors (Lipinski definition) is 1. The van der Waals surface area contributed by atoms with E-state index in [9.17, 15) is 0 Å². The Kier molecular flexibility index (Phi) is 3.96. The third kappa shape index (κ3) is 2.98. The summed E-state index contributed by atoms with van der Waals surface area (Å²) in [6.07, 6.45) is 1.06. The minimum absolute atomic E-state index is 0.625. The van der Waals surface area contributed by atoms with E-state index in [1.165, 1.54) is 11.3 Å². The van der Waals surface area contributed by atoms with Crippen LogP contribution in [0.4, 0.5) is 5.69 Å². The lowest BCUT2D eigenvalue weighted by atomic mass is 10.1. The maximum absolute atomic E-state index is 5.37. The molecule has 0 amide bonds. The monoisotopic (exact) mass is 289 g/mol. The van der Waals surface area contributed by atoms with Crippen molar-refractivity contribution in [1.29, 1.82) is 0 Å². The van der Waals surface area contributed by atoms with Gasteiger partial charge in [-0.2, -0.15) is 16.7 Å². The Bertz CT molecular complexity index is 595. The summed E-state index contributed by atoms with van der Waals surface area (Å²) in [6.45, 7) is 5.44. The predicted octanol–water partition coefficient (Wildman–Crippen LogP) is 3.59.